The number of esters is 1. The number of aromatic nitrogens is 2. The van der Waals surface area contributed by atoms with Crippen LogP contribution in [0, 0.1) is 5.41 Å². The van der Waals surface area contributed by atoms with E-state index in [4.69, 9.17) is 19.7 Å². The quantitative estimate of drug-likeness (QED) is 0.486. The van der Waals surface area contributed by atoms with Gasteiger partial charge in [0, 0.05) is 32.7 Å². The van der Waals surface area contributed by atoms with Crippen LogP contribution < -0.4 is 5.32 Å². The molecule has 3 heterocycles. The Balaban J connectivity index is 1.42. The van der Waals surface area contributed by atoms with E-state index in [0.717, 1.165) is 30.7 Å². The lowest BCUT2D eigenvalue weighted by molar-refractivity contribution is 0.0152. The van der Waals surface area contributed by atoms with Gasteiger partial charge in [0.2, 0.25) is 0 Å². The van der Waals surface area contributed by atoms with E-state index in [0.29, 0.717) is 50.3 Å². The lowest BCUT2D eigenvalue weighted by Gasteiger charge is -2.36. The summed E-state index contributed by atoms with van der Waals surface area (Å²) >= 11 is 0. The van der Waals surface area contributed by atoms with Crippen molar-refractivity contribution in [3.63, 3.8) is 0 Å². The van der Waals surface area contributed by atoms with Gasteiger partial charge in [-0.2, -0.15) is 5.10 Å². The van der Waals surface area contributed by atoms with Gasteiger partial charge in [-0.25, -0.2) is 9.59 Å². The number of rotatable bonds is 7. The lowest BCUT2D eigenvalue weighted by Crippen LogP contribution is -2.40. The van der Waals surface area contributed by atoms with Gasteiger partial charge in [-0.15, -0.1) is 0 Å². The van der Waals surface area contributed by atoms with Crippen LogP contribution in [0.15, 0.2) is 24.3 Å². The molecule has 2 aromatic rings. The number of nitrogens with one attached hydrogen (secondary N) is 1. The minimum atomic E-state index is -1.05. The number of hydrogen-bond acceptors (Lipinski definition) is 6. The van der Waals surface area contributed by atoms with Crippen LogP contribution in [-0.4, -0.2) is 59.1 Å². The van der Waals surface area contributed by atoms with Crippen LogP contribution in [0.1, 0.15) is 68.6 Å². The molecule has 0 aliphatic carbocycles. The van der Waals surface area contributed by atoms with Gasteiger partial charge >= 0.3 is 11.9 Å². The van der Waals surface area contributed by atoms with Crippen LogP contribution in [0.5, 0.6) is 0 Å². The first-order chi connectivity index (χ1) is 15.9. The number of hydrogen-bond donors (Lipinski definition) is 2. The Labute approximate surface area is 192 Å². The molecule has 0 radical (unpaired) electrons. The van der Waals surface area contributed by atoms with Gasteiger partial charge in [-0.3, -0.25) is 9.48 Å². The molecule has 0 atom stereocenters. The fourth-order valence-electron chi connectivity index (χ4n) is 4.57. The Hall–Kier alpha value is -3.20. The molecule has 0 saturated carbocycles. The average Bonchev–Trinajstić information content (AvgIpc) is 3.10. The summed E-state index contributed by atoms with van der Waals surface area (Å²) in [5.74, 6) is -1.61. The molecule has 0 unspecified atom stereocenters. The number of fused-ring (bicyclic) bond motifs is 1. The molecule has 33 heavy (non-hydrogen) atoms. The number of carbonyl (C=O) groups excluding carboxylic acids is 2. The molecule has 4 rings (SSSR count). The van der Waals surface area contributed by atoms with Gasteiger partial charge in [0.1, 0.15) is 0 Å². The average molecular weight is 456 g/mol. The molecule has 1 aromatic carbocycles. The lowest BCUT2D eigenvalue weighted by atomic mass is 9.76. The normalized spacial score (nSPS) is 17.2. The fourth-order valence-corrected chi connectivity index (χ4v) is 4.57. The predicted octanol–water partition coefficient (Wildman–Crippen LogP) is 2.47. The highest BCUT2D eigenvalue weighted by atomic mass is 16.5. The topological polar surface area (TPSA) is 120 Å². The Morgan fingerprint density at radius 1 is 1.21 bits per heavy atom. The molecular formula is C24H29N3O6. The van der Waals surface area contributed by atoms with Crippen molar-refractivity contribution in [3.05, 3.63) is 52.3 Å². The molecule has 176 valence electrons. The SMILES string of the molecule is CCc1nn(CCCOC(=O)c2ccc(C(=O)O)cc2)c2c1C(=O)NCC1(CCOCC1)C2. The van der Waals surface area contributed by atoms with Crippen LogP contribution in [0.3, 0.4) is 0 Å². The van der Waals surface area contributed by atoms with Crippen molar-refractivity contribution in [2.45, 2.75) is 45.6 Å². The van der Waals surface area contributed by atoms with Crippen molar-refractivity contribution in [3.8, 4) is 0 Å². The van der Waals surface area contributed by atoms with E-state index >= 15 is 0 Å². The Morgan fingerprint density at radius 3 is 2.58 bits per heavy atom. The number of aromatic carboxylic acids is 1. The minimum Gasteiger partial charge on any atom is -0.478 e. The molecule has 1 aromatic heterocycles. The number of carboxylic acids is 1. The summed E-state index contributed by atoms with van der Waals surface area (Å²) in [6.07, 6.45) is 3.79. The summed E-state index contributed by atoms with van der Waals surface area (Å²) in [5, 5.41) is 16.8. The molecule has 1 spiro atoms. The van der Waals surface area contributed by atoms with E-state index in [2.05, 4.69) is 5.32 Å². The third-order valence-electron chi connectivity index (χ3n) is 6.53. The molecule has 9 nitrogen and oxygen atoms in total. The zero-order chi connectivity index (χ0) is 23.4. The number of aryl methyl sites for hydroxylation is 2. The van der Waals surface area contributed by atoms with Gasteiger partial charge in [0.15, 0.2) is 0 Å². The van der Waals surface area contributed by atoms with Gasteiger partial charge in [0.05, 0.1) is 34.7 Å². The summed E-state index contributed by atoms with van der Waals surface area (Å²) in [6, 6.07) is 5.64. The molecule has 1 saturated heterocycles. The standard InChI is InChI=1S/C24H29N3O6/c1-2-18-20-19(14-24(15-25-21(20)28)8-12-32-13-9-24)27(26-18)10-3-11-33-23(31)17-6-4-16(5-7-17)22(29)30/h4-7H,2-3,8-15H2,1H3,(H,25,28)(H,29,30). The highest BCUT2D eigenvalue weighted by molar-refractivity contribution is 5.97. The minimum absolute atomic E-state index is 0.0173. The van der Waals surface area contributed by atoms with E-state index in [1.165, 1.54) is 24.3 Å². The largest absolute Gasteiger partial charge is 0.478 e. The van der Waals surface area contributed by atoms with Crippen LogP contribution in [0.25, 0.3) is 0 Å². The number of carbonyl (C=O) groups is 3. The first kappa shape index (κ1) is 23.0. The molecule has 1 fully saturated rings. The third kappa shape index (κ3) is 4.93. The van der Waals surface area contributed by atoms with Crippen LogP contribution >= 0.6 is 0 Å². The van der Waals surface area contributed by atoms with E-state index < -0.39 is 11.9 Å². The highest BCUT2D eigenvalue weighted by Crippen LogP contribution is 2.37. The second-order valence-electron chi connectivity index (χ2n) is 8.69. The number of nitrogens with zero attached hydrogens (tertiary/aromatic N) is 2. The Bertz CT molecular complexity index is 1040. The van der Waals surface area contributed by atoms with E-state index in [-0.39, 0.29) is 23.5 Å². The zero-order valence-corrected chi connectivity index (χ0v) is 18.8. The highest BCUT2D eigenvalue weighted by Gasteiger charge is 2.39. The first-order valence-electron chi connectivity index (χ1n) is 11.4. The number of benzene rings is 1. The van der Waals surface area contributed by atoms with Crippen LogP contribution in [0.4, 0.5) is 0 Å². The van der Waals surface area contributed by atoms with E-state index in [9.17, 15) is 14.4 Å². The van der Waals surface area contributed by atoms with Crippen LogP contribution in [-0.2, 0) is 28.9 Å². The third-order valence-corrected chi connectivity index (χ3v) is 6.53. The molecule has 2 N–H and O–H groups in total. The van der Waals surface area contributed by atoms with Gasteiger partial charge in [-0.1, -0.05) is 6.92 Å². The summed E-state index contributed by atoms with van der Waals surface area (Å²) in [6.45, 7) is 4.76. The Kier molecular flexibility index (Phi) is 6.78. The maximum atomic E-state index is 12.9. The zero-order valence-electron chi connectivity index (χ0n) is 18.8. The molecule has 0 bridgehead atoms. The van der Waals surface area contributed by atoms with Gasteiger partial charge in [-0.05, 0) is 55.4 Å². The number of carboxylic acid groups (broad SMARTS) is 1. The molecular weight excluding hydrogens is 426 g/mol. The Morgan fingerprint density at radius 2 is 1.91 bits per heavy atom. The molecule has 1 amide bonds. The van der Waals surface area contributed by atoms with Gasteiger partial charge in [0.25, 0.3) is 5.91 Å². The van der Waals surface area contributed by atoms with Crippen LogP contribution in [0.2, 0.25) is 0 Å². The maximum absolute atomic E-state index is 12.9. The monoisotopic (exact) mass is 455 g/mol. The second-order valence-corrected chi connectivity index (χ2v) is 8.69. The number of amides is 1. The summed E-state index contributed by atoms with van der Waals surface area (Å²) in [4.78, 5) is 36.1. The van der Waals surface area contributed by atoms with Crippen molar-refractivity contribution in [1.82, 2.24) is 15.1 Å². The summed E-state index contributed by atoms with van der Waals surface area (Å²) < 4.78 is 12.8. The number of ether oxygens (including phenoxy) is 2. The van der Waals surface area contributed by atoms with Crippen molar-refractivity contribution in [2.24, 2.45) is 5.41 Å². The molecule has 2 aliphatic rings. The van der Waals surface area contributed by atoms with Crippen molar-refractivity contribution < 1.29 is 29.0 Å². The van der Waals surface area contributed by atoms with Crippen molar-refractivity contribution in [2.75, 3.05) is 26.4 Å². The van der Waals surface area contributed by atoms with E-state index in [1.54, 1.807) is 0 Å². The fraction of sp³-hybridized carbons (Fsp3) is 0.500. The van der Waals surface area contributed by atoms with Crippen molar-refractivity contribution in [1.29, 1.82) is 0 Å². The molecule has 9 heteroatoms. The summed E-state index contributed by atoms with van der Waals surface area (Å²) in [7, 11) is 0. The first-order valence-corrected chi connectivity index (χ1v) is 11.4. The smallest absolute Gasteiger partial charge is 0.338 e. The predicted molar refractivity (Wildman–Crippen MR) is 118 cm³/mol. The molecule has 2 aliphatic heterocycles. The maximum Gasteiger partial charge on any atom is 0.338 e. The van der Waals surface area contributed by atoms with Crippen molar-refractivity contribution >= 4 is 17.8 Å². The second kappa shape index (κ2) is 9.74. The van der Waals surface area contributed by atoms with Gasteiger partial charge < -0.3 is 19.9 Å². The van der Waals surface area contributed by atoms with E-state index in [1.807, 2.05) is 11.6 Å². The summed E-state index contributed by atoms with van der Waals surface area (Å²) in [5.41, 5.74) is 2.84.